The number of aromatic nitrogens is 5. The molecule has 1 aliphatic carbocycles. The minimum absolute atomic E-state index is 0.107. The van der Waals surface area contributed by atoms with Crippen molar-refractivity contribution in [3.05, 3.63) is 65.7 Å². The molecule has 0 unspecified atom stereocenters. The molecule has 1 fully saturated rings. The first-order valence-corrected chi connectivity index (χ1v) is 12.0. The fourth-order valence-electron chi connectivity index (χ4n) is 5.18. The molecule has 0 aliphatic heterocycles. The maximum Gasteiger partial charge on any atom is 0.306 e. The molecule has 176 valence electrons. The van der Waals surface area contributed by atoms with Crippen LogP contribution in [0.25, 0.3) is 38.9 Å². The summed E-state index contributed by atoms with van der Waals surface area (Å²) in [6, 6.07) is 16.0. The average Bonchev–Trinajstić information content (AvgIpc) is 3.47. The third kappa shape index (κ3) is 3.70. The summed E-state index contributed by atoms with van der Waals surface area (Å²) < 4.78 is 1.77. The van der Waals surface area contributed by atoms with E-state index in [-0.39, 0.29) is 11.8 Å². The number of aromatic amines is 1. The second kappa shape index (κ2) is 8.39. The van der Waals surface area contributed by atoms with Crippen LogP contribution in [-0.4, -0.2) is 35.6 Å². The van der Waals surface area contributed by atoms with Gasteiger partial charge in [0.15, 0.2) is 5.82 Å². The van der Waals surface area contributed by atoms with Crippen molar-refractivity contribution in [2.45, 2.75) is 31.6 Å². The molecule has 2 aromatic carbocycles. The number of rotatable bonds is 4. The number of benzene rings is 2. The number of carboxylic acid groups (broad SMARTS) is 1. The van der Waals surface area contributed by atoms with E-state index in [1.807, 2.05) is 30.3 Å². The van der Waals surface area contributed by atoms with Crippen molar-refractivity contribution in [3.8, 4) is 22.5 Å². The SMILES string of the molecule is Nc1ncnn2c1c(-c1cc3cccc(-c4ccc(Cl)cc4)c3[nH]1)nc2[C@H]1CC[C@H](C(=O)O)CC1. The summed E-state index contributed by atoms with van der Waals surface area (Å²) in [5, 5.41) is 15.6. The number of imidazole rings is 1. The Kier molecular flexibility index (Phi) is 5.18. The highest BCUT2D eigenvalue weighted by atomic mass is 35.5. The number of nitrogens with zero attached hydrogens (tertiary/aromatic N) is 4. The second-order valence-electron chi connectivity index (χ2n) is 9.07. The smallest absolute Gasteiger partial charge is 0.306 e. The average molecular weight is 487 g/mol. The van der Waals surface area contributed by atoms with E-state index in [1.54, 1.807) is 4.52 Å². The van der Waals surface area contributed by atoms with Crippen molar-refractivity contribution in [1.82, 2.24) is 24.6 Å². The Morgan fingerprint density at radius 3 is 2.63 bits per heavy atom. The lowest BCUT2D eigenvalue weighted by Crippen LogP contribution is -2.21. The van der Waals surface area contributed by atoms with Crippen LogP contribution in [0.1, 0.15) is 37.4 Å². The molecule has 1 aliphatic rings. The number of anilines is 1. The Labute approximate surface area is 205 Å². The number of aliphatic carboxylic acids is 1. The van der Waals surface area contributed by atoms with Crippen LogP contribution in [0, 0.1) is 5.92 Å². The Hall–Kier alpha value is -3.91. The van der Waals surface area contributed by atoms with Gasteiger partial charge in [0.05, 0.1) is 17.1 Å². The molecular formula is C26H23ClN6O2. The van der Waals surface area contributed by atoms with Gasteiger partial charge < -0.3 is 15.8 Å². The highest BCUT2D eigenvalue weighted by molar-refractivity contribution is 6.30. The zero-order chi connectivity index (χ0) is 24.1. The van der Waals surface area contributed by atoms with E-state index in [0.717, 1.165) is 46.4 Å². The minimum atomic E-state index is -0.724. The van der Waals surface area contributed by atoms with Gasteiger partial charge in [-0.1, -0.05) is 41.9 Å². The normalized spacial score (nSPS) is 18.3. The molecular weight excluding hydrogens is 464 g/mol. The monoisotopic (exact) mass is 486 g/mol. The van der Waals surface area contributed by atoms with Crippen molar-refractivity contribution in [2.24, 2.45) is 5.92 Å². The van der Waals surface area contributed by atoms with Crippen LogP contribution in [0.15, 0.2) is 54.9 Å². The first kappa shape index (κ1) is 21.6. The number of halogens is 1. The molecule has 3 heterocycles. The molecule has 5 aromatic rings. The summed E-state index contributed by atoms with van der Waals surface area (Å²) in [4.78, 5) is 24.2. The van der Waals surface area contributed by atoms with Gasteiger partial charge in [-0.3, -0.25) is 4.79 Å². The summed E-state index contributed by atoms with van der Waals surface area (Å²) in [6.07, 6.45) is 4.17. The minimum Gasteiger partial charge on any atom is -0.481 e. The van der Waals surface area contributed by atoms with Gasteiger partial charge in [-0.15, -0.1) is 0 Å². The molecule has 0 saturated heterocycles. The Balaban J connectivity index is 1.47. The topological polar surface area (TPSA) is 122 Å². The second-order valence-corrected chi connectivity index (χ2v) is 9.51. The lowest BCUT2D eigenvalue weighted by molar-refractivity contribution is -0.142. The zero-order valence-corrected chi connectivity index (χ0v) is 19.5. The number of H-pyrrole nitrogens is 1. The van der Waals surface area contributed by atoms with Gasteiger partial charge in [0.25, 0.3) is 0 Å². The number of nitrogens with two attached hydrogens (primary N) is 1. The number of nitrogens with one attached hydrogen (secondary N) is 1. The molecule has 4 N–H and O–H groups in total. The van der Waals surface area contributed by atoms with Crippen LogP contribution in [0.4, 0.5) is 5.82 Å². The van der Waals surface area contributed by atoms with Crippen LogP contribution >= 0.6 is 11.6 Å². The highest BCUT2D eigenvalue weighted by Crippen LogP contribution is 2.39. The predicted octanol–water partition coefficient (Wildman–Crippen LogP) is 5.53. The van der Waals surface area contributed by atoms with Crippen LogP contribution in [-0.2, 0) is 4.79 Å². The lowest BCUT2D eigenvalue weighted by Gasteiger charge is -2.24. The van der Waals surface area contributed by atoms with Crippen molar-refractivity contribution in [3.63, 3.8) is 0 Å². The maximum atomic E-state index is 11.4. The summed E-state index contributed by atoms with van der Waals surface area (Å²) in [6.45, 7) is 0. The van der Waals surface area contributed by atoms with Gasteiger partial charge >= 0.3 is 5.97 Å². The van der Waals surface area contributed by atoms with Gasteiger partial charge in [-0.05, 0) is 49.4 Å². The van der Waals surface area contributed by atoms with Crippen LogP contribution in [0.5, 0.6) is 0 Å². The predicted molar refractivity (Wildman–Crippen MR) is 135 cm³/mol. The van der Waals surface area contributed by atoms with Crippen LogP contribution in [0.3, 0.4) is 0 Å². The van der Waals surface area contributed by atoms with Crippen molar-refractivity contribution in [1.29, 1.82) is 0 Å². The van der Waals surface area contributed by atoms with Crippen LogP contribution in [0.2, 0.25) is 5.02 Å². The van der Waals surface area contributed by atoms with Gasteiger partial charge in [-0.2, -0.15) is 5.10 Å². The molecule has 0 spiro atoms. The van der Waals surface area contributed by atoms with E-state index >= 15 is 0 Å². The first-order valence-electron chi connectivity index (χ1n) is 11.6. The molecule has 8 nitrogen and oxygen atoms in total. The number of fused-ring (bicyclic) bond motifs is 2. The molecule has 9 heteroatoms. The van der Waals surface area contributed by atoms with Gasteiger partial charge in [0, 0.05) is 21.9 Å². The third-order valence-corrected chi connectivity index (χ3v) is 7.25. The number of carbonyl (C=O) groups is 1. The molecule has 3 aromatic heterocycles. The number of nitrogen functional groups attached to an aromatic ring is 1. The number of carboxylic acids is 1. The molecule has 35 heavy (non-hydrogen) atoms. The maximum absolute atomic E-state index is 11.4. The van der Waals surface area contributed by atoms with E-state index in [0.29, 0.717) is 34.9 Å². The first-order chi connectivity index (χ1) is 17.0. The molecule has 6 rings (SSSR count). The van der Waals surface area contributed by atoms with E-state index in [2.05, 4.69) is 33.3 Å². The van der Waals surface area contributed by atoms with Crippen molar-refractivity contribution >= 4 is 39.8 Å². The summed E-state index contributed by atoms with van der Waals surface area (Å²) in [7, 11) is 0. The summed E-state index contributed by atoms with van der Waals surface area (Å²) in [5.74, 6) is 0.235. The molecule has 1 saturated carbocycles. The number of para-hydroxylation sites is 1. The van der Waals surface area contributed by atoms with Gasteiger partial charge in [0.2, 0.25) is 0 Å². The van der Waals surface area contributed by atoms with E-state index < -0.39 is 5.97 Å². The molecule has 0 radical (unpaired) electrons. The summed E-state index contributed by atoms with van der Waals surface area (Å²) >= 11 is 6.09. The van der Waals surface area contributed by atoms with Gasteiger partial charge in [0.1, 0.15) is 23.4 Å². The largest absolute Gasteiger partial charge is 0.481 e. The molecule has 0 amide bonds. The van der Waals surface area contributed by atoms with E-state index in [9.17, 15) is 9.90 Å². The standard InChI is InChI=1S/C26H23ClN6O2/c27-18-10-8-14(9-11-18)19-3-1-2-17-12-20(31-21(17)19)22-23-24(28)29-13-30-33(23)25(32-22)15-4-6-16(7-5-15)26(34)35/h1-3,8-13,15-16,31H,4-7H2,(H,34,35)(H2,28,29,30)/t15-,16-. The Bertz CT molecular complexity index is 1560. The third-order valence-electron chi connectivity index (χ3n) is 6.99. The van der Waals surface area contributed by atoms with Crippen LogP contribution < -0.4 is 5.73 Å². The quantitative estimate of drug-likeness (QED) is 0.307. The van der Waals surface area contributed by atoms with E-state index in [4.69, 9.17) is 22.3 Å². The Morgan fingerprint density at radius 2 is 1.89 bits per heavy atom. The fraction of sp³-hybridized carbons (Fsp3) is 0.231. The van der Waals surface area contributed by atoms with Crippen molar-refractivity contribution < 1.29 is 9.90 Å². The zero-order valence-electron chi connectivity index (χ0n) is 18.8. The summed E-state index contributed by atoms with van der Waals surface area (Å²) in [5.41, 5.74) is 11.6. The lowest BCUT2D eigenvalue weighted by atomic mass is 9.82. The molecule has 0 bridgehead atoms. The molecule has 0 atom stereocenters. The Morgan fingerprint density at radius 1 is 1.11 bits per heavy atom. The number of hydrogen-bond donors (Lipinski definition) is 3. The fourth-order valence-corrected chi connectivity index (χ4v) is 5.31. The van der Waals surface area contributed by atoms with Gasteiger partial charge in [-0.25, -0.2) is 14.5 Å². The highest BCUT2D eigenvalue weighted by Gasteiger charge is 2.31. The van der Waals surface area contributed by atoms with Crippen molar-refractivity contribution in [2.75, 3.05) is 5.73 Å². The number of hydrogen-bond acceptors (Lipinski definition) is 5. The van der Waals surface area contributed by atoms with E-state index in [1.165, 1.54) is 6.33 Å².